The van der Waals surface area contributed by atoms with Gasteiger partial charge in [0, 0.05) is 11.8 Å². The lowest BCUT2D eigenvalue weighted by molar-refractivity contribution is -0.304. The first kappa shape index (κ1) is 27.9. The summed E-state index contributed by atoms with van der Waals surface area (Å²) in [5.41, 5.74) is 0. The highest BCUT2D eigenvalue weighted by molar-refractivity contribution is 4.88. The maximum absolute atomic E-state index is 6.73. The zero-order chi connectivity index (χ0) is 21.3. The average Bonchev–Trinajstić information content (AvgIpc) is 2.71. The highest BCUT2D eigenvalue weighted by Gasteiger charge is 2.46. The Kier molecular flexibility index (Phi) is 17.7. The summed E-state index contributed by atoms with van der Waals surface area (Å²) in [5, 5.41) is 0. The van der Waals surface area contributed by atoms with Gasteiger partial charge in [-0.15, -0.1) is 0 Å². The highest BCUT2D eigenvalue weighted by atomic mass is 16.7. The SMILES string of the molecule is CCCCCCCCC(C(C)CC)C(OCCCC)(OCCCC)C(C)CC. The fraction of sp³-hybridized carbons (Fsp3) is 1.00. The number of rotatable bonds is 20. The molecule has 0 aromatic carbocycles. The molecular formula is C26H54O2. The van der Waals surface area contributed by atoms with Crippen LogP contribution < -0.4 is 0 Å². The Morgan fingerprint density at radius 2 is 1.11 bits per heavy atom. The van der Waals surface area contributed by atoms with Gasteiger partial charge in [-0.1, -0.05) is 106 Å². The van der Waals surface area contributed by atoms with Gasteiger partial charge >= 0.3 is 0 Å². The van der Waals surface area contributed by atoms with E-state index in [1.165, 1.54) is 64.2 Å². The molecule has 0 aliphatic carbocycles. The zero-order valence-corrected chi connectivity index (χ0v) is 20.7. The molecule has 3 atom stereocenters. The van der Waals surface area contributed by atoms with Crippen LogP contribution in [-0.4, -0.2) is 19.0 Å². The van der Waals surface area contributed by atoms with Crippen LogP contribution in [0.1, 0.15) is 132 Å². The monoisotopic (exact) mass is 398 g/mol. The Bertz CT molecular complexity index is 318. The van der Waals surface area contributed by atoms with Crippen molar-refractivity contribution < 1.29 is 9.47 Å². The van der Waals surface area contributed by atoms with Crippen LogP contribution >= 0.6 is 0 Å². The first-order chi connectivity index (χ1) is 13.5. The summed E-state index contributed by atoms with van der Waals surface area (Å²) in [4.78, 5) is 0. The van der Waals surface area contributed by atoms with Crippen LogP contribution in [-0.2, 0) is 9.47 Å². The molecule has 0 aromatic heterocycles. The zero-order valence-electron chi connectivity index (χ0n) is 20.7. The summed E-state index contributed by atoms with van der Waals surface area (Å²) in [6.07, 6.45) is 16.3. The first-order valence-corrected chi connectivity index (χ1v) is 12.8. The van der Waals surface area contributed by atoms with E-state index in [1.54, 1.807) is 0 Å². The minimum absolute atomic E-state index is 0.405. The van der Waals surface area contributed by atoms with Gasteiger partial charge in [-0.25, -0.2) is 0 Å². The third-order valence-corrected chi connectivity index (χ3v) is 6.67. The highest BCUT2D eigenvalue weighted by Crippen LogP contribution is 2.42. The Balaban J connectivity index is 5.37. The van der Waals surface area contributed by atoms with Crippen molar-refractivity contribution >= 4 is 0 Å². The van der Waals surface area contributed by atoms with Gasteiger partial charge in [-0.05, 0) is 31.6 Å². The third kappa shape index (κ3) is 10.1. The molecule has 0 aliphatic rings. The first-order valence-electron chi connectivity index (χ1n) is 12.8. The fourth-order valence-electron chi connectivity index (χ4n) is 4.25. The van der Waals surface area contributed by atoms with Crippen LogP contribution in [0.2, 0.25) is 0 Å². The van der Waals surface area contributed by atoms with E-state index in [4.69, 9.17) is 9.47 Å². The van der Waals surface area contributed by atoms with Crippen molar-refractivity contribution in [1.29, 1.82) is 0 Å². The molecule has 0 fully saturated rings. The third-order valence-electron chi connectivity index (χ3n) is 6.67. The minimum Gasteiger partial charge on any atom is -0.349 e. The number of ether oxygens (including phenoxy) is 2. The normalized spacial score (nSPS) is 15.5. The Labute approximate surface area is 178 Å². The lowest BCUT2D eigenvalue weighted by Crippen LogP contribution is -2.51. The van der Waals surface area contributed by atoms with Crippen LogP contribution in [0.3, 0.4) is 0 Å². The maximum atomic E-state index is 6.73. The summed E-state index contributed by atoms with van der Waals surface area (Å²) < 4.78 is 13.5. The molecule has 2 heteroatoms. The van der Waals surface area contributed by atoms with Crippen molar-refractivity contribution in [1.82, 2.24) is 0 Å². The molecule has 28 heavy (non-hydrogen) atoms. The molecule has 0 saturated carbocycles. The number of hydrogen-bond donors (Lipinski definition) is 0. The quantitative estimate of drug-likeness (QED) is 0.151. The lowest BCUT2D eigenvalue weighted by Gasteiger charge is -2.47. The van der Waals surface area contributed by atoms with E-state index >= 15 is 0 Å². The summed E-state index contributed by atoms with van der Waals surface area (Å²) >= 11 is 0. The van der Waals surface area contributed by atoms with Crippen molar-refractivity contribution in [3.63, 3.8) is 0 Å². The van der Waals surface area contributed by atoms with Gasteiger partial charge in [-0.3, -0.25) is 0 Å². The van der Waals surface area contributed by atoms with Crippen LogP contribution in [0.4, 0.5) is 0 Å². The van der Waals surface area contributed by atoms with E-state index < -0.39 is 5.79 Å². The van der Waals surface area contributed by atoms with Crippen LogP contribution in [0, 0.1) is 17.8 Å². The van der Waals surface area contributed by atoms with Crippen LogP contribution in [0.5, 0.6) is 0 Å². The van der Waals surface area contributed by atoms with Gasteiger partial charge in [0.05, 0.1) is 13.2 Å². The molecule has 0 bridgehead atoms. The summed E-state index contributed by atoms with van der Waals surface area (Å²) in [5.74, 6) is 1.15. The van der Waals surface area contributed by atoms with E-state index in [1.807, 2.05) is 0 Å². The van der Waals surface area contributed by atoms with Crippen LogP contribution in [0.15, 0.2) is 0 Å². The van der Waals surface area contributed by atoms with Gasteiger partial charge < -0.3 is 9.47 Å². The molecule has 0 spiro atoms. The molecule has 170 valence electrons. The molecule has 0 heterocycles. The second-order valence-electron chi connectivity index (χ2n) is 8.98. The molecule has 0 N–H and O–H groups in total. The minimum atomic E-state index is -0.405. The second-order valence-corrected chi connectivity index (χ2v) is 8.98. The Morgan fingerprint density at radius 3 is 1.57 bits per heavy atom. The smallest absolute Gasteiger partial charge is 0.173 e. The van der Waals surface area contributed by atoms with E-state index in [-0.39, 0.29) is 0 Å². The molecule has 0 aliphatic heterocycles. The van der Waals surface area contributed by atoms with Gasteiger partial charge in [-0.2, -0.15) is 0 Å². The van der Waals surface area contributed by atoms with E-state index in [0.29, 0.717) is 17.8 Å². The fourth-order valence-corrected chi connectivity index (χ4v) is 4.25. The average molecular weight is 399 g/mol. The topological polar surface area (TPSA) is 18.5 Å². The largest absolute Gasteiger partial charge is 0.349 e. The predicted molar refractivity (Wildman–Crippen MR) is 125 cm³/mol. The van der Waals surface area contributed by atoms with E-state index in [2.05, 4.69) is 48.5 Å². The maximum Gasteiger partial charge on any atom is 0.173 e. The lowest BCUT2D eigenvalue weighted by atomic mass is 9.75. The second kappa shape index (κ2) is 17.8. The molecular weight excluding hydrogens is 344 g/mol. The number of hydrogen-bond acceptors (Lipinski definition) is 2. The van der Waals surface area contributed by atoms with E-state index in [0.717, 1.165) is 32.5 Å². The standard InChI is InChI=1S/C26H54O2/c1-8-13-16-17-18-19-20-25(23(6)11-4)26(24(7)12-5,27-21-14-9-2)28-22-15-10-3/h23-25H,8-22H2,1-7H3. The molecule has 0 amide bonds. The molecule has 0 rings (SSSR count). The number of unbranched alkanes of at least 4 members (excludes halogenated alkanes) is 7. The molecule has 3 unspecified atom stereocenters. The summed E-state index contributed by atoms with van der Waals surface area (Å²) in [6.45, 7) is 17.8. The summed E-state index contributed by atoms with van der Waals surface area (Å²) in [7, 11) is 0. The van der Waals surface area contributed by atoms with E-state index in [9.17, 15) is 0 Å². The summed E-state index contributed by atoms with van der Waals surface area (Å²) in [6, 6.07) is 0. The van der Waals surface area contributed by atoms with Crippen molar-refractivity contribution in [2.45, 2.75) is 138 Å². The van der Waals surface area contributed by atoms with Crippen molar-refractivity contribution in [2.24, 2.45) is 17.8 Å². The molecule has 0 aromatic rings. The Hall–Kier alpha value is -0.0800. The van der Waals surface area contributed by atoms with Gasteiger partial charge in [0.1, 0.15) is 0 Å². The Morgan fingerprint density at radius 1 is 0.607 bits per heavy atom. The van der Waals surface area contributed by atoms with Crippen molar-refractivity contribution in [2.75, 3.05) is 13.2 Å². The molecule has 0 radical (unpaired) electrons. The van der Waals surface area contributed by atoms with Crippen molar-refractivity contribution in [3.05, 3.63) is 0 Å². The van der Waals surface area contributed by atoms with Crippen molar-refractivity contribution in [3.8, 4) is 0 Å². The predicted octanol–water partition coefficient (Wildman–Crippen LogP) is 8.78. The molecule has 0 saturated heterocycles. The van der Waals surface area contributed by atoms with Gasteiger partial charge in [0.2, 0.25) is 0 Å². The van der Waals surface area contributed by atoms with Gasteiger partial charge in [0.25, 0.3) is 0 Å². The van der Waals surface area contributed by atoms with Crippen LogP contribution in [0.25, 0.3) is 0 Å². The van der Waals surface area contributed by atoms with Gasteiger partial charge in [0.15, 0.2) is 5.79 Å². The molecule has 2 nitrogen and oxygen atoms in total.